The largest absolute Gasteiger partial charge is 0.494 e. The van der Waals surface area contributed by atoms with Gasteiger partial charge >= 0.3 is 0 Å². The molecule has 0 saturated heterocycles. The number of aliphatic imine (C=N–C) groups is 1. The van der Waals surface area contributed by atoms with Crippen molar-refractivity contribution < 1.29 is 4.74 Å². The van der Waals surface area contributed by atoms with Crippen LogP contribution in [0.15, 0.2) is 53.5 Å². The zero-order chi connectivity index (χ0) is 13.9. The topological polar surface area (TPSA) is 50.3 Å². The number of para-hydroxylation sites is 4. The molecule has 4 heteroatoms. The van der Waals surface area contributed by atoms with Gasteiger partial charge in [-0.15, -0.1) is 0 Å². The molecule has 0 spiro atoms. The summed E-state index contributed by atoms with van der Waals surface area (Å²) in [7, 11) is 1.64. The fourth-order valence-electron chi connectivity index (χ4n) is 2.08. The van der Waals surface area contributed by atoms with E-state index in [0.29, 0.717) is 0 Å². The number of hydrogen-bond acceptors (Lipinski definition) is 3. The summed E-state index contributed by atoms with van der Waals surface area (Å²) in [5, 5.41) is 0. The Kier molecular flexibility index (Phi) is 3.21. The predicted molar refractivity (Wildman–Crippen MR) is 81.0 cm³/mol. The summed E-state index contributed by atoms with van der Waals surface area (Å²) < 4.78 is 5.30. The summed E-state index contributed by atoms with van der Waals surface area (Å²) in [6.45, 7) is 1.93. The maximum absolute atomic E-state index is 5.30. The van der Waals surface area contributed by atoms with Gasteiger partial charge < -0.3 is 9.72 Å². The molecule has 3 rings (SSSR count). The summed E-state index contributed by atoms with van der Waals surface area (Å²) in [5.41, 5.74) is 3.58. The fraction of sp³-hybridized carbons (Fsp3) is 0.125. The van der Waals surface area contributed by atoms with Crippen LogP contribution in [0.1, 0.15) is 12.7 Å². The third-order valence-corrected chi connectivity index (χ3v) is 3.11. The van der Waals surface area contributed by atoms with E-state index in [0.717, 1.165) is 34.0 Å². The molecule has 100 valence electrons. The average Bonchev–Trinajstić information content (AvgIpc) is 2.92. The van der Waals surface area contributed by atoms with Gasteiger partial charge in [-0.05, 0) is 31.2 Å². The van der Waals surface area contributed by atoms with E-state index in [1.807, 2.05) is 55.5 Å². The van der Waals surface area contributed by atoms with Crippen LogP contribution in [-0.2, 0) is 0 Å². The molecule has 1 heterocycles. The second-order valence-corrected chi connectivity index (χ2v) is 4.47. The maximum Gasteiger partial charge on any atom is 0.152 e. The van der Waals surface area contributed by atoms with Gasteiger partial charge in [-0.2, -0.15) is 0 Å². The number of fused-ring (bicyclic) bond motifs is 1. The molecule has 2 aromatic carbocycles. The first-order valence-electron chi connectivity index (χ1n) is 6.41. The molecule has 1 aromatic heterocycles. The Morgan fingerprint density at radius 3 is 2.65 bits per heavy atom. The Balaban J connectivity index is 2.02. The van der Waals surface area contributed by atoms with Crippen LogP contribution in [0, 0.1) is 0 Å². The van der Waals surface area contributed by atoms with E-state index in [1.54, 1.807) is 7.11 Å². The van der Waals surface area contributed by atoms with E-state index in [1.165, 1.54) is 0 Å². The summed E-state index contributed by atoms with van der Waals surface area (Å²) in [6.07, 6.45) is 0. The second kappa shape index (κ2) is 5.17. The number of benzene rings is 2. The van der Waals surface area contributed by atoms with Crippen molar-refractivity contribution in [2.45, 2.75) is 6.92 Å². The first-order valence-corrected chi connectivity index (χ1v) is 6.41. The summed E-state index contributed by atoms with van der Waals surface area (Å²) in [6, 6.07) is 15.6. The Morgan fingerprint density at radius 2 is 1.85 bits per heavy atom. The van der Waals surface area contributed by atoms with Crippen LogP contribution in [0.2, 0.25) is 0 Å². The van der Waals surface area contributed by atoms with E-state index in [9.17, 15) is 0 Å². The molecule has 0 saturated carbocycles. The first kappa shape index (κ1) is 12.4. The van der Waals surface area contributed by atoms with Crippen molar-refractivity contribution in [2.24, 2.45) is 4.99 Å². The number of imidazole rings is 1. The molecule has 0 aliphatic rings. The van der Waals surface area contributed by atoms with Crippen molar-refractivity contribution in [3.05, 3.63) is 54.4 Å². The van der Waals surface area contributed by atoms with Crippen LogP contribution in [0.4, 0.5) is 5.69 Å². The Labute approximate surface area is 117 Å². The highest BCUT2D eigenvalue weighted by Gasteiger charge is 2.06. The van der Waals surface area contributed by atoms with E-state index in [2.05, 4.69) is 15.0 Å². The van der Waals surface area contributed by atoms with Crippen molar-refractivity contribution in [3.63, 3.8) is 0 Å². The number of H-pyrrole nitrogens is 1. The predicted octanol–water partition coefficient (Wildman–Crippen LogP) is 3.71. The third kappa shape index (κ3) is 2.28. The van der Waals surface area contributed by atoms with Gasteiger partial charge in [-0.25, -0.2) is 9.98 Å². The Morgan fingerprint density at radius 1 is 1.10 bits per heavy atom. The van der Waals surface area contributed by atoms with Gasteiger partial charge in [-0.3, -0.25) is 0 Å². The number of methoxy groups -OCH3 is 1. The summed E-state index contributed by atoms with van der Waals surface area (Å²) in [5.74, 6) is 1.53. The van der Waals surface area contributed by atoms with Gasteiger partial charge in [0.25, 0.3) is 0 Å². The quantitative estimate of drug-likeness (QED) is 0.734. The fourth-order valence-corrected chi connectivity index (χ4v) is 2.08. The molecular formula is C16H15N3O. The van der Waals surface area contributed by atoms with Crippen LogP contribution < -0.4 is 4.74 Å². The zero-order valence-electron chi connectivity index (χ0n) is 11.4. The molecule has 0 unspecified atom stereocenters. The number of hydrogen-bond donors (Lipinski definition) is 1. The molecule has 0 atom stereocenters. The number of aromatic nitrogens is 2. The standard InChI is InChI=1S/C16H15N3O/c1-11(17-14-9-5-6-10-15(14)20-2)16-18-12-7-3-4-8-13(12)19-16/h3-10H,1-2H3,(H,18,19). The van der Waals surface area contributed by atoms with Crippen molar-refractivity contribution in [1.82, 2.24) is 9.97 Å². The molecule has 0 radical (unpaired) electrons. The minimum atomic E-state index is 0.753. The molecule has 0 aliphatic carbocycles. The van der Waals surface area contributed by atoms with Gasteiger partial charge in [0, 0.05) is 0 Å². The number of nitrogens with one attached hydrogen (secondary N) is 1. The van der Waals surface area contributed by atoms with Crippen LogP contribution in [0.5, 0.6) is 5.75 Å². The second-order valence-electron chi connectivity index (χ2n) is 4.47. The zero-order valence-corrected chi connectivity index (χ0v) is 11.4. The molecule has 0 amide bonds. The lowest BCUT2D eigenvalue weighted by Gasteiger charge is -2.04. The van der Waals surface area contributed by atoms with Crippen molar-refractivity contribution in [1.29, 1.82) is 0 Å². The molecule has 3 aromatic rings. The summed E-state index contributed by atoms with van der Waals surface area (Å²) in [4.78, 5) is 12.4. The molecule has 4 nitrogen and oxygen atoms in total. The molecule has 0 aliphatic heterocycles. The Bertz CT molecular complexity index is 741. The van der Waals surface area contributed by atoms with E-state index >= 15 is 0 Å². The number of ether oxygens (including phenoxy) is 1. The smallest absolute Gasteiger partial charge is 0.152 e. The van der Waals surface area contributed by atoms with Crippen LogP contribution in [-0.4, -0.2) is 22.8 Å². The molecule has 20 heavy (non-hydrogen) atoms. The molecule has 0 fully saturated rings. The summed E-state index contributed by atoms with van der Waals surface area (Å²) >= 11 is 0. The highest BCUT2D eigenvalue weighted by Crippen LogP contribution is 2.27. The van der Waals surface area contributed by atoms with E-state index < -0.39 is 0 Å². The van der Waals surface area contributed by atoms with Crippen LogP contribution in [0.3, 0.4) is 0 Å². The monoisotopic (exact) mass is 265 g/mol. The Hall–Kier alpha value is -2.62. The maximum atomic E-state index is 5.30. The van der Waals surface area contributed by atoms with Crippen LogP contribution in [0.25, 0.3) is 11.0 Å². The lowest BCUT2D eigenvalue weighted by Crippen LogP contribution is -1.97. The number of rotatable bonds is 3. The molecular weight excluding hydrogens is 250 g/mol. The SMILES string of the molecule is COc1ccccc1N=C(C)c1nc2ccccc2[nH]1. The van der Waals surface area contributed by atoms with Gasteiger partial charge in [0.1, 0.15) is 11.4 Å². The normalized spacial score (nSPS) is 11.8. The van der Waals surface area contributed by atoms with Gasteiger partial charge in [0.2, 0.25) is 0 Å². The van der Waals surface area contributed by atoms with Crippen molar-refractivity contribution in [3.8, 4) is 5.75 Å². The number of aromatic amines is 1. The average molecular weight is 265 g/mol. The van der Waals surface area contributed by atoms with Crippen LogP contribution >= 0.6 is 0 Å². The third-order valence-electron chi connectivity index (χ3n) is 3.11. The highest BCUT2D eigenvalue weighted by molar-refractivity contribution is 5.99. The van der Waals surface area contributed by atoms with Crippen molar-refractivity contribution >= 4 is 22.4 Å². The minimum absolute atomic E-state index is 0.753. The molecule has 0 bridgehead atoms. The van der Waals surface area contributed by atoms with Gasteiger partial charge in [-0.1, -0.05) is 24.3 Å². The highest BCUT2D eigenvalue weighted by atomic mass is 16.5. The van der Waals surface area contributed by atoms with Gasteiger partial charge in [0.05, 0.1) is 23.9 Å². The van der Waals surface area contributed by atoms with E-state index in [-0.39, 0.29) is 0 Å². The first-order chi connectivity index (χ1) is 9.78. The lowest BCUT2D eigenvalue weighted by molar-refractivity contribution is 0.416. The number of nitrogens with zero attached hydrogens (tertiary/aromatic N) is 2. The molecule has 1 N–H and O–H groups in total. The van der Waals surface area contributed by atoms with Crippen molar-refractivity contribution in [2.75, 3.05) is 7.11 Å². The minimum Gasteiger partial charge on any atom is -0.494 e. The van der Waals surface area contributed by atoms with E-state index in [4.69, 9.17) is 4.74 Å². The lowest BCUT2D eigenvalue weighted by atomic mass is 10.3. The van der Waals surface area contributed by atoms with Gasteiger partial charge in [0.15, 0.2) is 5.82 Å².